The first-order chi connectivity index (χ1) is 13.1. The molecule has 2 aromatic rings. The lowest BCUT2D eigenvalue weighted by Gasteiger charge is -2.22. The van der Waals surface area contributed by atoms with Crippen LogP contribution in [0.1, 0.15) is 46.8 Å². The van der Waals surface area contributed by atoms with E-state index in [0.29, 0.717) is 21.1 Å². The van der Waals surface area contributed by atoms with E-state index in [1.54, 1.807) is 29.5 Å². The van der Waals surface area contributed by atoms with Gasteiger partial charge in [0.15, 0.2) is 4.80 Å². The van der Waals surface area contributed by atoms with Gasteiger partial charge in [-0.05, 0) is 24.6 Å². The average molecular weight is 405 g/mol. The molecule has 3 heterocycles. The molecule has 0 spiro atoms. The van der Waals surface area contributed by atoms with Gasteiger partial charge in [-0.2, -0.15) is 4.99 Å². The maximum Gasteiger partial charge on any atom is 0.283 e. The molecule has 5 nitrogen and oxygen atoms in total. The molecule has 1 aromatic heterocycles. The van der Waals surface area contributed by atoms with Gasteiger partial charge in [0.1, 0.15) is 11.9 Å². The quantitative estimate of drug-likeness (QED) is 0.698. The third kappa shape index (κ3) is 3.49. The van der Waals surface area contributed by atoms with Crippen molar-refractivity contribution in [1.82, 2.24) is 4.57 Å². The van der Waals surface area contributed by atoms with E-state index < -0.39 is 0 Å². The predicted molar refractivity (Wildman–Crippen MR) is 106 cm³/mol. The van der Waals surface area contributed by atoms with Crippen molar-refractivity contribution in [2.24, 2.45) is 4.99 Å². The Bertz CT molecular complexity index is 976. The Labute approximate surface area is 166 Å². The second-order valence-corrected chi connectivity index (χ2v) is 8.14. The SMILES string of the molecule is CCCCn1c2c(s/c1=N\C(=O)c1cc(Cl)ccc1OC)CC1C=CC2O1. The molecule has 2 unspecified atom stereocenters. The number of methoxy groups -OCH3 is 1. The van der Waals surface area contributed by atoms with Crippen LogP contribution in [-0.2, 0) is 17.7 Å². The zero-order chi connectivity index (χ0) is 19.0. The summed E-state index contributed by atoms with van der Waals surface area (Å²) in [6.45, 7) is 2.97. The van der Waals surface area contributed by atoms with E-state index >= 15 is 0 Å². The van der Waals surface area contributed by atoms with Crippen molar-refractivity contribution in [3.8, 4) is 5.75 Å². The minimum atomic E-state index is -0.347. The number of nitrogens with zero attached hydrogens (tertiary/aromatic N) is 2. The zero-order valence-corrected chi connectivity index (χ0v) is 16.8. The normalized spacial score (nSPS) is 20.8. The van der Waals surface area contributed by atoms with Crippen molar-refractivity contribution in [2.75, 3.05) is 7.11 Å². The molecular weight excluding hydrogens is 384 g/mol. The summed E-state index contributed by atoms with van der Waals surface area (Å²) in [5, 5.41) is 0.481. The number of thiazole rings is 1. The number of hydrogen-bond acceptors (Lipinski definition) is 4. The molecule has 7 heteroatoms. The largest absolute Gasteiger partial charge is 0.496 e. The maximum atomic E-state index is 12.9. The number of amides is 1. The van der Waals surface area contributed by atoms with Crippen LogP contribution in [0, 0.1) is 0 Å². The van der Waals surface area contributed by atoms with Gasteiger partial charge < -0.3 is 14.0 Å². The third-order valence-electron chi connectivity index (χ3n) is 4.82. The summed E-state index contributed by atoms with van der Waals surface area (Å²) in [5.74, 6) is 0.125. The van der Waals surface area contributed by atoms with E-state index in [2.05, 4.69) is 28.6 Å². The lowest BCUT2D eigenvalue weighted by molar-refractivity contribution is 0.0436. The fourth-order valence-corrected chi connectivity index (χ4v) is 4.90. The van der Waals surface area contributed by atoms with Crippen molar-refractivity contribution in [2.45, 2.75) is 44.9 Å². The highest BCUT2D eigenvalue weighted by molar-refractivity contribution is 7.09. The first kappa shape index (κ1) is 18.5. The van der Waals surface area contributed by atoms with E-state index in [9.17, 15) is 4.79 Å². The van der Waals surface area contributed by atoms with Crippen molar-refractivity contribution < 1.29 is 14.3 Å². The summed E-state index contributed by atoms with van der Waals surface area (Å²) in [4.78, 5) is 19.3. The van der Waals surface area contributed by atoms with Gasteiger partial charge in [0, 0.05) is 22.9 Å². The molecule has 2 bridgehead atoms. The Morgan fingerprint density at radius 1 is 1.44 bits per heavy atom. The molecule has 0 saturated carbocycles. The number of aromatic nitrogens is 1. The van der Waals surface area contributed by atoms with Gasteiger partial charge >= 0.3 is 0 Å². The fraction of sp³-hybridized carbons (Fsp3) is 0.400. The van der Waals surface area contributed by atoms with Crippen molar-refractivity contribution >= 4 is 28.8 Å². The second-order valence-electron chi connectivity index (χ2n) is 6.64. The molecule has 0 N–H and O–H groups in total. The van der Waals surface area contributed by atoms with Crippen molar-refractivity contribution in [3.05, 3.63) is 56.3 Å². The number of halogens is 1. The van der Waals surface area contributed by atoms with Crippen molar-refractivity contribution in [3.63, 3.8) is 0 Å². The molecular formula is C20H21ClN2O3S. The number of carbonyl (C=O) groups excluding carboxylic acids is 1. The molecule has 2 atom stereocenters. The van der Waals surface area contributed by atoms with E-state index in [1.807, 2.05) is 0 Å². The molecule has 0 fully saturated rings. The highest BCUT2D eigenvalue weighted by atomic mass is 35.5. The summed E-state index contributed by atoms with van der Waals surface area (Å²) in [6, 6.07) is 4.99. The lowest BCUT2D eigenvalue weighted by Crippen LogP contribution is -2.24. The number of unbranched alkanes of at least 4 members (excludes halogenated alkanes) is 1. The molecule has 1 aromatic carbocycles. The number of benzene rings is 1. The predicted octanol–water partition coefficient (Wildman–Crippen LogP) is 4.31. The molecule has 27 heavy (non-hydrogen) atoms. The number of fused-ring (bicyclic) bond motifs is 4. The fourth-order valence-electron chi connectivity index (χ4n) is 3.50. The average Bonchev–Trinajstić information content (AvgIpc) is 3.21. The van der Waals surface area contributed by atoms with E-state index in [1.165, 1.54) is 12.0 Å². The highest BCUT2D eigenvalue weighted by Gasteiger charge is 2.33. The topological polar surface area (TPSA) is 52.8 Å². The van der Waals surface area contributed by atoms with E-state index in [4.69, 9.17) is 21.1 Å². The first-order valence-corrected chi connectivity index (χ1v) is 10.3. The molecule has 0 radical (unpaired) electrons. The van der Waals surface area contributed by atoms with Gasteiger partial charge in [0.05, 0.1) is 24.5 Å². The monoisotopic (exact) mass is 404 g/mol. The number of ether oxygens (including phenoxy) is 2. The summed E-state index contributed by atoms with van der Waals surface area (Å²) < 4.78 is 13.5. The van der Waals surface area contributed by atoms with Gasteiger partial charge in [-0.15, -0.1) is 11.3 Å². The smallest absolute Gasteiger partial charge is 0.283 e. The molecule has 0 aliphatic carbocycles. The summed E-state index contributed by atoms with van der Waals surface area (Å²) in [6.07, 6.45) is 7.26. The maximum absolute atomic E-state index is 12.9. The minimum Gasteiger partial charge on any atom is -0.496 e. The Hall–Kier alpha value is -1.89. The van der Waals surface area contributed by atoms with Crippen LogP contribution >= 0.6 is 22.9 Å². The number of rotatable bonds is 5. The summed E-state index contributed by atoms with van der Waals surface area (Å²) in [5.41, 5.74) is 1.51. The molecule has 4 rings (SSSR count). The van der Waals surface area contributed by atoms with Gasteiger partial charge in [-0.25, -0.2) is 0 Å². The van der Waals surface area contributed by atoms with Crippen LogP contribution in [0.2, 0.25) is 5.02 Å². The standard InChI is InChI=1S/C20H21ClN2O3S/c1-3-4-9-23-18-16-8-6-13(26-16)11-17(18)27-20(23)22-19(24)14-10-12(21)5-7-15(14)25-2/h5-8,10,13,16H,3-4,9,11H2,1-2H3/b22-20-. The van der Waals surface area contributed by atoms with Gasteiger partial charge in [-0.1, -0.05) is 37.1 Å². The lowest BCUT2D eigenvalue weighted by atomic mass is 10.1. The zero-order valence-electron chi connectivity index (χ0n) is 15.3. The number of carbonyl (C=O) groups is 1. The Kier molecular flexibility index (Phi) is 5.21. The van der Waals surface area contributed by atoms with Gasteiger partial charge in [0.25, 0.3) is 5.91 Å². The second kappa shape index (κ2) is 7.62. The summed E-state index contributed by atoms with van der Waals surface area (Å²) in [7, 11) is 1.53. The Morgan fingerprint density at radius 3 is 3.07 bits per heavy atom. The molecule has 2 aliphatic rings. The molecule has 142 valence electrons. The van der Waals surface area contributed by atoms with Crippen LogP contribution in [0.25, 0.3) is 0 Å². The first-order valence-electron chi connectivity index (χ1n) is 9.09. The van der Waals surface area contributed by atoms with Crippen LogP contribution in [0.3, 0.4) is 0 Å². The van der Waals surface area contributed by atoms with Crippen LogP contribution < -0.4 is 9.54 Å². The van der Waals surface area contributed by atoms with Crippen LogP contribution in [-0.4, -0.2) is 23.7 Å². The molecule has 0 saturated heterocycles. The Balaban J connectivity index is 1.79. The summed E-state index contributed by atoms with van der Waals surface area (Å²) >= 11 is 7.65. The third-order valence-corrected chi connectivity index (χ3v) is 6.18. The highest BCUT2D eigenvalue weighted by Crippen LogP contribution is 2.37. The minimum absolute atomic E-state index is 0.0355. The van der Waals surface area contributed by atoms with Crippen LogP contribution in [0.4, 0.5) is 0 Å². The van der Waals surface area contributed by atoms with E-state index in [0.717, 1.165) is 31.5 Å². The Morgan fingerprint density at radius 2 is 2.30 bits per heavy atom. The van der Waals surface area contributed by atoms with E-state index in [-0.39, 0.29) is 18.1 Å². The van der Waals surface area contributed by atoms with Crippen LogP contribution in [0.15, 0.2) is 35.3 Å². The van der Waals surface area contributed by atoms with Crippen molar-refractivity contribution in [1.29, 1.82) is 0 Å². The molecule has 2 aliphatic heterocycles. The van der Waals surface area contributed by atoms with Gasteiger partial charge in [-0.3, -0.25) is 4.79 Å². The van der Waals surface area contributed by atoms with Crippen LogP contribution in [0.5, 0.6) is 5.75 Å². The van der Waals surface area contributed by atoms with Gasteiger partial charge in [0.2, 0.25) is 0 Å². The molecule has 1 amide bonds. The number of hydrogen-bond donors (Lipinski definition) is 0.